The van der Waals surface area contributed by atoms with Crippen molar-refractivity contribution in [3.8, 4) is 0 Å². The highest BCUT2D eigenvalue weighted by molar-refractivity contribution is 5.79. The molecular weight excluding hydrogens is 188 g/mol. The van der Waals surface area contributed by atoms with Crippen LogP contribution >= 0.6 is 0 Å². The van der Waals surface area contributed by atoms with E-state index in [1.54, 1.807) is 0 Å². The fraction of sp³-hybridized carbons (Fsp3) is 0.917. The maximum atomic E-state index is 12.2. The van der Waals surface area contributed by atoms with Crippen LogP contribution in [-0.4, -0.2) is 36.5 Å². The Labute approximate surface area is 93.2 Å². The summed E-state index contributed by atoms with van der Waals surface area (Å²) in [6.07, 6.45) is 3.06. The van der Waals surface area contributed by atoms with E-state index in [2.05, 4.69) is 26.1 Å². The summed E-state index contributed by atoms with van der Waals surface area (Å²) in [6, 6.07) is 0.386. The van der Waals surface area contributed by atoms with E-state index in [1.807, 2.05) is 4.90 Å². The number of nitrogens with one attached hydrogen (secondary N) is 1. The highest BCUT2D eigenvalue weighted by Gasteiger charge is 2.26. The third kappa shape index (κ3) is 3.20. The van der Waals surface area contributed by atoms with Gasteiger partial charge in [-0.2, -0.15) is 0 Å². The predicted molar refractivity (Wildman–Crippen MR) is 62.7 cm³/mol. The molecular formula is C12H24N2O. The van der Waals surface area contributed by atoms with E-state index < -0.39 is 0 Å². The molecule has 0 aromatic rings. The molecule has 0 aliphatic carbocycles. The van der Waals surface area contributed by atoms with E-state index in [0.717, 1.165) is 38.9 Å². The predicted octanol–water partition coefficient (Wildman–Crippen LogP) is 1.63. The van der Waals surface area contributed by atoms with Crippen LogP contribution in [0.4, 0.5) is 0 Å². The molecule has 1 fully saturated rings. The van der Waals surface area contributed by atoms with Gasteiger partial charge in [-0.15, -0.1) is 0 Å². The van der Waals surface area contributed by atoms with Gasteiger partial charge in [-0.3, -0.25) is 4.79 Å². The van der Waals surface area contributed by atoms with Crippen LogP contribution in [0.3, 0.4) is 0 Å². The van der Waals surface area contributed by atoms with Crippen molar-refractivity contribution in [1.29, 1.82) is 0 Å². The first-order valence-corrected chi connectivity index (χ1v) is 6.21. The van der Waals surface area contributed by atoms with Crippen LogP contribution in [0, 0.1) is 5.92 Å². The molecule has 0 radical (unpaired) electrons. The van der Waals surface area contributed by atoms with Gasteiger partial charge in [0.1, 0.15) is 0 Å². The molecule has 1 aliphatic rings. The first-order chi connectivity index (χ1) is 7.20. The van der Waals surface area contributed by atoms with Gasteiger partial charge < -0.3 is 10.2 Å². The zero-order chi connectivity index (χ0) is 11.3. The van der Waals surface area contributed by atoms with E-state index in [0.29, 0.717) is 11.9 Å². The molecule has 1 rings (SSSR count). The van der Waals surface area contributed by atoms with Crippen molar-refractivity contribution < 1.29 is 4.79 Å². The highest BCUT2D eigenvalue weighted by atomic mass is 16.2. The molecule has 1 atom stereocenters. The smallest absolute Gasteiger partial charge is 0.226 e. The van der Waals surface area contributed by atoms with Crippen LogP contribution in [0.5, 0.6) is 0 Å². The Balaban J connectivity index is 2.54. The molecule has 1 heterocycles. The topological polar surface area (TPSA) is 32.3 Å². The van der Waals surface area contributed by atoms with Crippen molar-refractivity contribution >= 4 is 5.91 Å². The summed E-state index contributed by atoms with van der Waals surface area (Å²) in [4.78, 5) is 14.3. The SMILES string of the molecule is CCC(C)N(CC)C(=O)C1CCNCC1. The monoisotopic (exact) mass is 212 g/mol. The quantitative estimate of drug-likeness (QED) is 0.768. The van der Waals surface area contributed by atoms with Gasteiger partial charge in [-0.1, -0.05) is 6.92 Å². The van der Waals surface area contributed by atoms with Crippen molar-refractivity contribution in [2.45, 2.75) is 46.1 Å². The molecule has 1 amide bonds. The van der Waals surface area contributed by atoms with Gasteiger partial charge in [0.05, 0.1) is 0 Å². The number of hydrogen-bond donors (Lipinski definition) is 1. The molecule has 15 heavy (non-hydrogen) atoms. The molecule has 88 valence electrons. The van der Waals surface area contributed by atoms with Crippen LogP contribution in [0.25, 0.3) is 0 Å². The van der Waals surface area contributed by atoms with Crippen LogP contribution in [-0.2, 0) is 4.79 Å². The van der Waals surface area contributed by atoms with E-state index in [1.165, 1.54) is 0 Å². The maximum Gasteiger partial charge on any atom is 0.226 e. The summed E-state index contributed by atoms with van der Waals surface area (Å²) in [7, 11) is 0. The normalized spacial score (nSPS) is 19.9. The average Bonchev–Trinajstić information content (AvgIpc) is 2.30. The maximum absolute atomic E-state index is 12.2. The molecule has 0 spiro atoms. The van der Waals surface area contributed by atoms with Crippen LogP contribution in [0.15, 0.2) is 0 Å². The molecule has 1 aliphatic heterocycles. The molecule has 1 N–H and O–H groups in total. The molecule has 1 saturated heterocycles. The van der Waals surface area contributed by atoms with Crippen molar-refractivity contribution in [2.24, 2.45) is 5.92 Å². The van der Waals surface area contributed by atoms with Crippen LogP contribution in [0.2, 0.25) is 0 Å². The zero-order valence-electron chi connectivity index (χ0n) is 10.3. The van der Waals surface area contributed by atoms with Crippen molar-refractivity contribution in [3.63, 3.8) is 0 Å². The summed E-state index contributed by atoms with van der Waals surface area (Å²) in [5.74, 6) is 0.633. The van der Waals surface area contributed by atoms with Crippen LogP contribution in [0.1, 0.15) is 40.0 Å². The van der Waals surface area contributed by atoms with E-state index in [9.17, 15) is 4.79 Å². The number of hydrogen-bond acceptors (Lipinski definition) is 2. The molecule has 3 nitrogen and oxygen atoms in total. The molecule has 1 unspecified atom stereocenters. The Morgan fingerprint density at radius 3 is 2.47 bits per heavy atom. The Morgan fingerprint density at radius 1 is 1.40 bits per heavy atom. The Kier molecular flexibility index (Phi) is 5.09. The molecule has 3 heteroatoms. The van der Waals surface area contributed by atoms with E-state index >= 15 is 0 Å². The summed E-state index contributed by atoms with van der Waals surface area (Å²) in [5, 5.41) is 3.30. The van der Waals surface area contributed by atoms with Crippen molar-refractivity contribution in [2.75, 3.05) is 19.6 Å². The second-order valence-corrected chi connectivity index (χ2v) is 4.41. The summed E-state index contributed by atoms with van der Waals surface area (Å²) < 4.78 is 0. The lowest BCUT2D eigenvalue weighted by Crippen LogP contribution is -2.44. The van der Waals surface area contributed by atoms with Gasteiger partial charge in [0.15, 0.2) is 0 Å². The third-order valence-electron chi connectivity index (χ3n) is 3.44. The lowest BCUT2D eigenvalue weighted by molar-refractivity contribution is -0.138. The van der Waals surface area contributed by atoms with Crippen molar-refractivity contribution in [1.82, 2.24) is 10.2 Å². The number of carbonyl (C=O) groups excluding carboxylic acids is 1. The molecule has 0 aromatic carbocycles. The highest BCUT2D eigenvalue weighted by Crippen LogP contribution is 2.17. The van der Waals surface area contributed by atoms with Gasteiger partial charge in [-0.05, 0) is 46.2 Å². The number of nitrogens with zero attached hydrogens (tertiary/aromatic N) is 1. The average molecular weight is 212 g/mol. The minimum Gasteiger partial charge on any atom is -0.340 e. The number of piperidine rings is 1. The minimum atomic E-state index is 0.264. The van der Waals surface area contributed by atoms with Gasteiger partial charge in [0.2, 0.25) is 5.91 Å². The zero-order valence-corrected chi connectivity index (χ0v) is 10.3. The summed E-state index contributed by atoms with van der Waals surface area (Å²) in [5.41, 5.74) is 0. The van der Waals surface area contributed by atoms with Crippen LogP contribution < -0.4 is 5.32 Å². The Bertz CT molecular complexity index is 200. The van der Waals surface area contributed by atoms with E-state index in [-0.39, 0.29) is 5.92 Å². The summed E-state index contributed by atoms with van der Waals surface area (Å²) >= 11 is 0. The van der Waals surface area contributed by atoms with E-state index in [4.69, 9.17) is 0 Å². The minimum absolute atomic E-state index is 0.264. The van der Waals surface area contributed by atoms with Gasteiger partial charge in [-0.25, -0.2) is 0 Å². The second-order valence-electron chi connectivity index (χ2n) is 4.41. The fourth-order valence-corrected chi connectivity index (χ4v) is 2.21. The Hall–Kier alpha value is -0.570. The number of carbonyl (C=O) groups is 1. The largest absolute Gasteiger partial charge is 0.340 e. The van der Waals surface area contributed by atoms with Gasteiger partial charge in [0.25, 0.3) is 0 Å². The first kappa shape index (κ1) is 12.5. The number of rotatable bonds is 4. The Morgan fingerprint density at radius 2 is 2.00 bits per heavy atom. The molecule has 0 saturated carbocycles. The lowest BCUT2D eigenvalue weighted by Gasteiger charge is -2.32. The second kappa shape index (κ2) is 6.11. The molecule has 0 bridgehead atoms. The molecule has 0 aromatic heterocycles. The fourth-order valence-electron chi connectivity index (χ4n) is 2.21. The van der Waals surface area contributed by atoms with Crippen molar-refractivity contribution in [3.05, 3.63) is 0 Å². The summed E-state index contributed by atoms with van der Waals surface area (Å²) in [6.45, 7) is 9.19. The lowest BCUT2D eigenvalue weighted by atomic mass is 9.96. The standard InChI is InChI=1S/C12H24N2O/c1-4-10(3)14(5-2)12(15)11-6-8-13-9-7-11/h10-11,13H,4-9H2,1-3H3. The number of amides is 1. The third-order valence-corrected chi connectivity index (χ3v) is 3.44. The van der Waals surface area contributed by atoms with Gasteiger partial charge >= 0.3 is 0 Å². The first-order valence-electron chi connectivity index (χ1n) is 6.21. The van der Waals surface area contributed by atoms with Gasteiger partial charge in [0, 0.05) is 18.5 Å².